The highest BCUT2D eigenvalue weighted by molar-refractivity contribution is 5.82. The molecule has 0 spiro atoms. The minimum Gasteiger partial charge on any atom is -0.495 e. The molecule has 0 radical (unpaired) electrons. The van der Waals surface area contributed by atoms with Crippen molar-refractivity contribution in [1.82, 2.24) is 9.78 Å². The lowest BCUT2D eigenvalue weighted by Gasteiger charge is -2.11. The van der Waals surface area contributed by atoms with Crippen molar-refractivity contribution in [1.29, 1.82) is 0 Å². The molecule has 108 valence electrons. The molecule has 0 bridgehead atoms. The third-order valence-corrected chi connectivity index (χ3v) is 3.64. The number of para-hydroxylation sites is 1. The number of hydrogen-bond acceptors (Lipinski definition) is 3. The van der Waals surface area contributed by atoms with E-state index < -0.39 is 0 Å². The van der Waals surface area contributed by atoms with Crippen LogP contribution in [0, 0.1) is 6.92 Å². The number of nitrogens with zero attached hydrogens (tertiary/aromatic N) is 2. The number of benzene rings is 2. The monoisotopic (exact) mass is 281 g/mol. The van der Waals surface area contributed by atoms with E-state index >= 15 is 0 Å². The average molecular weight is 281 g/mol. The second kappa shape index (κ2) is 5.48. The molecule has 0 saturated carbocycles. The van der Waals surface area contributed by atoms with E-state index in [4.69, 9.17) is 4.74 Å². The van der Waals surface area contributed by atoms with Crippen LogP contribution in [-0.4, -0.2) is 16.9 Å². The Morgan fingerprint density at radius 3 is 2.81 bits per heavy atom. The van der Waals surface area contributed by atoms with Crippen LogP contribution < -0.4 is 10.1 Å². The van der Waals surface area contributed by atoms with Gasteiger partial charge in [0.1, 0.15) is 5.75 Å². The maximum Gasteiger partial charge on any atom is 0.141 e. The number of ether oxygens (including phenoxy) is 1. The van der Waals surface area contributed by atoms with Crippen LogP contribution in [0.1, 0.15) is 11.3 Å². The summed E-state index contributed by atoms with van der Waals surface area (Å²) in [6, 6.07) is 14.4. The smallest absolute Gasteiger partial charge is 0.141 e. The lowest BCUT2D eigenvalue weighted by Crippen LogP contribution is -2.03. The molecule has 1 heterocycles. The van der Waals surface area contributed by atoms with Crippen LogP contribution >= 0.6 is 0 Å². The van der Waals surface area contributed by atoms with Gasteiger partial charge in [-0.05, 0) is 30.7 Å². The van der Waals surface area contributed by atoms with Crippen molar-refractivity contribution in [3.05, 3.63) is 53.7 Å². The summed E-state index contributed by atoms with van der Waals surface area (Å²) in [6.07, 6.45) is 0. The summed E-state index contributed by atoms with van der Waals surface area (Å²) in [7, 11) is 3.66. The molecule has 0 aliphatic rings. The Morgan fingerprint density at radius 1 is 1.19 bits per heavy atom. The molecule has 0 unspecified atom stereocenters. The number of aromatic nitrogens is 2. The molecule has 0 aliphatic heterocycles. The van der Waals surface area contributed by atoms with E-state index in [1.54, 1.807) is 7.11 Å². The molecular weight excluding hydrogens is 262 g/mol. The highest BCUT2D eigenvalue weighted by Crippen LogP contribution is 2.26. The zero-order valence-corrected chi connectivity index (χ0v) is 12.6. The third kappa shape index (κ3) is 2.57. The largest absolute Gasteiger partial charge is 0.495 e. The number of rotatable bonds is 4. The van der Waals surface area contributed by atoms with Gasteiger partial charge in [-0.3, -0.25) is 4.68 Å². The van der Waals surface area contributed by atoms with Crippen molar-refractivity contribution in [3.63, 3.8) is 0 Å². The molecule has 1 aromatic heterocycles. The Balaban J connectivity index is 1.89. The predicted molar refractivity (Wildman–Crippen MR) is 85.8 cm³/mol. The van der Waals surface area contributed by atoms with E-state index in [-0.39, 0.29) is 0 Å². The lowest BCUT2D eigenvalue weighted by atomic mass is 10.2. The van der Waals surface area contributed by atoms with Gasteiger partial charge in [-0.2, -0.15) is 5.10 Å². The molecule has 0 amide bonds. The SMILES string of the molecule is COc1ccc(C)cc1NCc1nn(C)c2ccccc12. The van der Waals surface area contributed by atoms with Gasteiger partial charge in [0.2, 0.25) is 0 Å². The van der Waals surface area contributed by atoms with Crippen LogP contribution in [0.3, 0.4) is 0 Å². The molecule has 21 heavy (non-hydrogen) atoms. The summed E-state index contributed by atoms with van der Waals surface area (Å²) in [5.74, 6) is 0.848. The Kier molecular flexibility index (Phi) is 3.52. The zero-order chi connectivity index (χ0) is 14.8. The Morgan fingerprint density at radius 2 is 2.00 bits per heavy atom. The second-order valence-electron chi connectivity index (χ2n) is 5.14. The number of methoxy groups -OCH3 is 1. The molecule has 0 saturated heterocycles. The summed E-state index contributed by atoms with van der Waals surface area (Å²) in [5, 5.41) is 9.20. The summed E-state index contributed by atoms with van der Waals surface area (Å²) in [6.45, 7) is 2.74. The number of nitrogens with one attached hydrogen (secondary N) is 1. The quantitative estimate of drug-likeness (QED) is 0.795. The Labute approximate surface area is 124 Å². The Hall–Kier alpha value is -2.49. The van der Waals surface area contributed by atoms with Gasteiger partial charge in [0.15, 0.2) is 0 Å². The van der Waals surface area contributed by atoms with E-state index in [2.05, 4.69) is 35.5 Å². The van der Waals surface area contributed by atoms with Crippen LogP contribution in [0.2, 0.25) is 0 Å². The highest BCUT2D eigenvalue weighted by Gasteiger charge is 2.09. The molecule has 0 atom stereocenters. The summed E-state index contributed by atoms with van der Waals surface area (Å²) >= 11 is 0. The van der Waals surface area contributed by atoms with Crippen molar-refractivity contribution in [2.75, 3.05) is 12.4 Å². The van der Waals surface area contributed by atoms with Gasteiger partial charge < -0.3 is 10.1 Å². The van der Waals surface area contributed by atoms with Gasteiger partial charge in [-0.25, -0.2) is 0 Å². The second-order valence-corrected chi connectivity index (χ2v) is 5.14. The van der Waals surface area contributed by atoms with Crippen molar-refractivity contribution < 1.29 is 4.74 Å². The van der Waals surface area contributed by atoms with Gasteiger partial charge in [-0.15, -0.1) is 0 Å². The number of fused-ring (bicyclic) bond motifs is 1. The maximum atomic E-state index is 5.39. The number of anilines is 1. The van der Waals surface area contributed by atoms with Gasteiger partial charge in [0.05, 0.1) is 30.6 Å². The first-order chi connectivity index (χ1) is 10.2. The minimum atomic E-state index is 0.668. The van der Waals surface area contributed by atoms with E-state index in [1.807, 2.05) is 36.0 Å². The van der Waals surface area contributed by atoms with E-state index in [1.165, 1.54) is 10.9 Å². The van der Waals surface area contributed by atoms with E-state index in [0.29, 0.717) is 6.54 Å². The maximum absolute atomic E-state index is 5.39. The van der Waals surface area contributed by atoms with Crippen LogP contribution in [0.4, 0.5) is 5.69 Å². The molecular formula is C17H19N3O. The molecule has 1 N–H and O–H groups in total. The van der Waals surface area contributed by atoms with Crippen LogP contribution in [-0.2, 0) is 13.6 Å². The van der Waals surface area contributed by atoms with Crippen molar-refractivity contribution in [2.24, 2.45) is 7.05 Å². The third-order valence-electron chi connectivity index (χ3n) is 3.64. The molecule has 3 rings (SSSR count). The van der Waals surface area contributed by atoms with Gasteiger partial charge in [-0.1, -0.05) is 24.3 Å². The van der Waals surface area contributed by atoms with Crippen LogP contribution in [0.5, 0.6) is 5.75 Å². The topological polar surface area (TPSA) is 39.1 Å². The molecule has 4 nitrogen and oxygen atoms in total. The standard InChI is InChI=1S/C17H19N3O/c1-12-8-9-17(21-3)14(10-12)18-11-15-13-6-4-5-7-16(13)20(2)19-15/h4-10,18H,11H2,1-3H3. The normalized spacial score (nSPS) is 10.8. The van der Waals surface area contributed by atoms with Crippen molar-refractivity contribution in [3.8, 4) is 5.75 Å². The van der Waals surface area contributed by atoms with Gasteiger partial charge in [0, 0.05) is 12.4 Å². The summed E-state index contributed by atoms with van der Waals surface area (Å²) in [4.78, 5) is 0. The van der Waals surface area contributed by atoms with Gasteiger partial charge in [0.25, 0.3) is 0 Å². The van der Waals surface area contributed by atoms with Crippen LogP contribution in [0.15, 0.2) is 42.5 Å². The Bertz CT molecular complexity index is 777. The molecule has 2 aromatic carbocycles. The summed E-state index contributed by atoms with van der Waals surface area (Å²) in [5.41, 5.74) is 4.37. The number of hydrogen-bond donors (Lipinski definition) is 1. The van der Waals surface area contributed by atoms with Gasteiger partial charge >= 0.3 is 0 Å². The average Bonchev–Trinajstić information content (AvgIpc) is 2.82. The first kappa shape index (κ1) is 13.5. The fourth-order valence-electron chi connectivity index (χ4n) is 2.56. The fourth-order valence-corrected chi connectivity index (χ4v) is 2.56. The first-order valence-corrected chi connectivity index (χ1v) is 6.98. The van der Waals surface area contributed by atoms with Crippen molar-refractivity contribution in [2.45, 2.75) is 13.5 Å². The highest BCUT2D eigenvalue weighted by atomic mass is 16.5. The van der Waals surface area contributed by atoms with Crippen molar-refractivity contribution >= 4 is 16.6 Å². The molecule has 3 aromatic rings. The first-order valence-electron chi connectivity index (χ1n) is 6.98. The zero-order valence-electron chi connectivity index (χ0n) is 12.6. The van der Waals surface area contributed by atoms with E-state index in [9.17, 15) is 0 Å². The molecule has 0 aliphatic carbocycles. The fraction of sp³-hybridized carbons (Fsp3) is 0.235. The predicted octanol–water partition coefficient (Wildman–Crippen LogP) is 3.50. The molecule has 0 fully saturated rings. The lowest BCUT2D eigenvalue weighted by molar-refractivity contribution is 0.416. The van der Waals surface area contributed by atoms with Crippen LogP contribution in [0.25, 0.3) is 10.9 Å². The number of aryl methyl sites for hydroxylation is 2. The summed E-state index contributed by atoms with van der Waals surface area (Å²) < 4.78 is 7.31. The minimum absolute atomic E-state index is 0.668. The van der Waals surface area contributed by atoms with E-state index in [0.717, 1.165) is 22.6 Å². The molecule has 4 heteroatoms.